The van der Waals surface area contributed by atoms with Gasteiger partial charge in [-0.3, -0.25) is 4.79 Å². The third-order valence-corrected chi connectivity index (χ3v) is 6.69. The molecule has 1 atom stereocenters. The van der Waals surface area contributed by atoms with E-state index in [2.05, 4.69) is 10.3 Å². The summed E-state index contributed by atoms with van der Waals surface area (Å²) in [7, 11) is -1.03. The number of carbonyl (C=O) groups excluding carboxylic acids is 1. The molecule has 1 aliphatic rings. The summed E-state index contributed by atoms with van der Waals surface area (Å²) >= 11 is 0. The maximum atomic E-state index is 13.4. The largest absolute Gasteiger partial charge is 0.417 e. The molecule has 1 aromatic heterocycles. The highest BCUT2D eigenvalue weighted by atomic mass is 32.2. The maximum absolute atomic E-state index is 13.4. The molecular weight excluding hydrogens is 437 g/mol. The lowest BCUT2D eigenvalue weighted by Crippen LogP contribution is -2.60. The molecule has 0 bridgehead atoms. The van der Waals surface area contributed by atoms with Crippen LogP contribution in [0.1, 0.15) is 11.1 Å². The number of rotatable bonds is 4. The third kappa shape index (κ3) is 4.35. The van der Waals surface area contributed by atoms with Crippen LogP contribution in [0.3, 0.4) is 0 Å². The minimum atomic E-state index is -4.76. The summed E-state index contributed by atoms with van der Waals surface area (Å²) in [5, 5.41) is 11.2. The van der Waals surface area contributed by atoms with Crippen LogP contribution in [0.4, 0.5) is 18.9 Å². The van der Waals surface area contributed by atoms with E-state index < -0.39 is 39.3 Å². The van der Waals surface area contributed by atoms with E-state index >= 15 is 0 Å². The molecule has 0 radical (unpaired) electrons. The number of imidazole rings is 1. The first kappa shape index (κ1) is 22.6. The van der Waals surface area contributed by atoms with E-state index in [1.54, 1.807) is 7.05 Å². The smallest absolute Gasteiger partial charge is 0.357 e. The Morgan fingerprint density at radius 2 is 2.03 bits per heavy atom. The fraction of sp³-hybridized carbons (Fsp3) is 0.389. The van der Waals surface area contributed by atoms with Crippen molar-refractivity contribution in [1.29, 1.82) is 5.26 Å². The van der Waals surface area contributed by atoms with Crippen molar-refractivity contribution in [2.45, 2.75) is 17.2 Å². The molecule has 0 spiro atoms. The van der Waals surface area contributed by atoms with Crippen LogP contribution in [0.25, 0.3) is 0 Å². The SMILES string of the molecule is CNC(=O)C1CN(S(=O)(=O)c2cn(C)cn2)CCN1c1ccc(C#N)c(C(F)(F)F)c1. The van der Waals surface area contributed by atoms with Crippen LogP contribution >= 0.6 is 0 Å². The zero-order valence-corrected chi connectivity index (χ0v) is 17.4. The molecule has 2 aromatic rings. The molecule has 1 amide bonds. The van der Waals surface area contributed by atoms with Crippen LogP contribution in [0.5, 0.6) is 0 Å². The molecule has 2 heterocycles. The molecule has 31 heavy (non-hydrogen) atoms. The van der Waals surface area contributed by atoms with Gasteiger partial charge in [0.25, 0.3) is 10.0 Å². The van der Waals surface area contributed by atoms with Gasteiger partial charge < -0.3 is 14.8 Å². The zero-order chi connectivity index (χ0) is 23.0. The van der Waals surface area contributed by atoms with Crippen LogP contribution in [-0.2, 0) is 28.0 Å². The molecule has 1 unspecified atom stereocenters. The second kappa shape index (κ2) is 8.20. The van der Waals surface area contributed by atoms with E-state index in [0.29, 0.717) is 0 Å². The van der Waals surface area contributed by atoms with Crippen molar-refractivity contribution in [3.8, 4) is 6.07 Å². The number of likely N-dealkylation sites (N-methyl/N-ethyl adjacent to an activating group) is 1. The number of hydrogen-bond donors (Lipinski definition) is 1. The van der Waals surface area contributed by atoms with Crippen molar-refractivity contribution in [3.05, 3.63) is 41.9 Å². The minimum Gasteiger partial charge on any atom is -0.357 e. The van der Waals surface area contributed by atoms with Gasteiger partial charge in [0.05, 0.1) is 23.5 Å². The van der Waals surface area contributed by atoms with E-state index in [9.17, 15) is 26.4 Å². The Kier molecular flexibility index (Phi) is 5.97. The Morgan fingerprint density at radius 1 is 1.32 bits per heavy atom. The molecule has 1 saturated heterocycles. The van der Waals surface area contributed by atoms with Gasteiger partial charge in [0.15, 0.2) is 5.03 Å². The summed E-state index contributed by atoms with van der Waals surface area (Å²) in [5.74, 6) is -0.557. The molecule has 1 fully saturated rings. The number of anilines is 1. The first-order valence-corrected chi connectivity index (χ1v) is 10.5. The zero-order valence-electron chi connectivity index (χ0n) is 16.6. The van der Waals surface area contributed by atoms with Crippen LogP contribution in [0.15, 0.2) is 35.7 Å². The minimum absolute atomic E-state index is 0.0344. The van der Waals surface area contributed by atoms with Crippen molar-refractivity contribution < 1.29 is 26.4 Å². The Bertz CT molecular complexity index is 1140. The summed E-state index contributed by atoms with van der Waals surface area (Å²) in [6.45, 7) is -0.374. The molecule has 0 aliphatic carbocycles. The Hall–Kier alpha value is -3.11. The van der Waals surface area contributed by atoms with Gasteiger partial charge in [-0.25, -0.2) is 13.4 Å². The number of aromatic nitrogens is 2. The Morgan fingerprint density at radius 3 is 2.58 bits per heavy atom. The van der Waals surface area contributed by atoms with Gasteiger partial charge in [0.1, 0.15) is 6.04 Å². The number of aryl methyl sites for hydroxylation is 1. The van der Waals surface area contributed by atoms with Crippen LogP contribution in [-0.4, -0.2) is 60.9 Å². The third-order valence-electron chi connectivity index (χ3n) is 4.94. The van der Waals surface area contributed by atoms with Crippen molar-refractivity contribution in [1.82, 2.24) is 19.2 Å². The maximum Gasteiger partial charge on any atom is 0.417 e. The molecule has 1 N–H and O–H groups in total. The van der Waals surface area contributed by atoms with E-state index in [1.165, 1.54) is 41.2 Å². The second-order valence-electron chi connectivity index (χ2n) is 6.90. The van der Waals surface area contributed by atoms with E-state index in [1.807, 2.05) is 0 Å². The molecular formula is C18H19F3N6O3S. The van der Waals surface area contributed by atoms with Gasteiger partial charge in [-0.05, 0) is 18.2 Å². The number of sulfonamides is 1. The number of carbonyl (C=O) groups is 1. The average molecular weight is 456 g/mol. The van der Waals surface area contributed by atoms with Crippen LogP contribution < -0.4 is 10.2 Å². The number of hydrogen-bond acceptors (Lipinski definition) is 6. The number of nitriles is 1. The van der Waals surface area contributed by atoms with Gasteiger partial charge in [0.2, 0.25) is 5.91 Å². The quantitative estimate of drug-likeness (QED) is 0.733. The normalized spacial score (nSPS) is 17.9. The second-order valence-corrected chi connectivity index (χ2v) is 8.79. The number of nitrogens with one attached hydrogen (secondary N) is 1. The first-order chi connectivity index (χ1) is 14.5. The van der Waals surface area contributed by atoms with Gasteiger partial charge in [-0.15, -0.1) is 0 Å². The van der Waals surface area contributed by atoms with Gasteiger partial charge in [-0.2, -0.15) is 22.7 Å². The highest BCUT2D eigenvalue weighted by Crippen LogP contribution is 2.35. The highest BCUT2D eigenvalue weighted by molar-refractivity contribution is 7.89. The number of benzene rings is 1. The van der Waals surface area contributed by atoms with Crippen molar-refractivity contribution in [3.63, 3.8) is 0 Å². The van der Waals surface area contributed by atoms with Crippen LogP contribution in [0.2, 0.25) is 0 Å². The van der Waals surface area contributed by atoms with E-state index in [0.717, 1.165) is 16.4 Å². The summed E-state index contributed by atoms with van der Waals surface area (Å²) in [6.07, 6.45) is -2.10. The molecule has 3 rings (SSSR count). The first-order valence-electron chi connectivity index (χ1n) is 9.06. The van der Waals surface area contributed by atoms with Gasteiger partial charge in [-0.1, -0.05) is 0 Å². The summed E-state index contributed by atoms with van der Waals surface area (Å²) in [5.41, 5.74) is -1.59. The lowest BCUT2D eigenvalue weighted by molar-refractivity contribution is -0.137. The molecule has 9 nitrogen and oxygen atoms in total. The molecule has 0 saturated carbocycles. The summed E-state index contributed by atoms with van der Waals surface area (Å²) < 4.78 is 68.4. The Balaban J connectivity index is 1.97. The van der Waals surface area contributed by atoms with Crippen molar-refractivity contribution >= 4 is 21.6 Å². The van der Waals surface area contributed by atoms with Crippen molar-refractivity contribution in [2.75, 3.05) is 31.6 Å². The summed E-state index contributed by atoms with van der Waals surface area (Å²) in [4.78, 5) is 17.8. The topological polar surface area (TPSA) is 111 Å². The summed E-state index contributed by atoms with van der Waals surface area (Å²) in [6, 6.07) is 3.59. The number of amides is 1. The van der Waals surface area contributed by atoms with Crippen molar-refractivity contribution in [2.24, 2.45) is 7.05 Å². The van der Waals surface area contributed by atoms with E-state index in [4.69, 9.17) is 5.26 Å². The number of halogens is 3. The predicted molar refractivity (Wildman–Crippen MR) is 103 cm³/mol. The standard InChI is InChI=1S/C18H19F3N6O3S/c1-23-17(28)15-9-26(31(29,30)16-10-25(2)11-24-16)5-6-27(15)13-4-3-12(8-22)14(7-13)18(19,20)21/h3-4,7,10-11,15H,5-6,9H2,1-2H3,(H,23,28). The average Bonchev–Trinajstić information content (AvgIpc) is 3.18. The molecule has 1 aromatic carbocycles. The highest BCUT2D eigenvalue weighted by Gasteiger charge is 2.40. The van der Waals surface area contributed by atoms with E-state index in [-0.39, 0.29) is 30.3 Å². The molecule has 1 aliphatic heterocycles. The van der Waals surface area contributed by atoms with Gasteiger partial charge in [0, 0.05) is 45.6 Å². The Labute approximate surface area is 176 Å². The molecule has 166 valence electrons. The predicted octanol–water partition coefficient (Wildman–Crippen LogP) is 0.936. The number of piperazine rings is 1. The number of alkyl halides is 3. The fourth-order valence-corrected chi connectivity index (χ4v) is 4.78. The lowest BCUT2D eigenvalue weighted by Gasteiger charge is -2.41. The lowest BCUT2D eigenvalue weighted by atomic mass is 10.0. The van der Waals surface area contributed by atoms with Gasteiger partial charge >= 0.3 is 6.18 Å². The van der Waals surface area contributed by atoms with Crippen LogP contribution in [0, 0.1) is 11.3 Å². The molecule has 13 heteroatoms. The fourth-order valence-electron chi connectivity index (χ4n) is 3.37. The number of nitrogens with zero attached hydrogens (tertiary/aromatic N) is 5. The monoisotopic (exact) mass is 456 g/mol.